The van der Waals surface area contributed by atoms with Crippen molar-refractivity contribution in [1.29, 1.82) is 0 Å². The largest absolute Gasteiger partial charge is 0.385 e. The van der Waals surface area contributed by atoms with E-state index in [0.717, 1.165) is 25.2 Å². The first-order valence-corrected chi connectivity index (χ1v) is 7.12. The van der Waals surface area contributed by atoms with Crippen molar-refractivity contribution in [2.75, 3.05) is 18.4 Å². The van der Waals surface area contributed by atoms with Gasteiger partial charge >= 0.3 is 0 Å². The number of anilines is 1. The van der Waals surface area contributed by atoms with Crippen LogP contribution in [0.15, 0.2) is 55.1 Å². The molecule has 0 radical (unpaired) electrons. The van der Waals surface area contributed by atoms with E-state index in [2.05, 4.69) is 15.3 Å². The summed E-state index contributed by atoms with van der Waals surface area (Å²) in [7, 11) is 0. The molecule has 0 aliphatic carbocycles. The Balaban J connectivity index is 0.000000276. The normalized spacial score (nSPS) is 9.45. The Morgan fingerprint density at radius 2 is 1.45 bits per heavy atom. The molecule has 0 unspecified atom stereocenters. The molecule has 0 aliphatic rings. The van der Waals surface area contributed by atoms with Gasteiger partial charge < -0.3 is 11.1 Å². The number of unbranched alkanes of at least 4 members (excludes halogenated alkanes) is 3. The van der Waals surface area contributed by atoms with Gasteiger partial charge in [0.1, 0.15) is 0 Å². The Labute approximate surface area is 121 Å². The molecule has 0 spiro atoms. The third-order valence-electron chi connectivity index (χ3n) is 2.71. The summed E-state index contributed by atoms with van der Waals surface area (Å²) >= 11 is 0. The molecule has 2 aromatic heterocycles. The van der Waals surface area contributed by atoms with Gasteiger partial charge in [0.15, 0.2) is 0 Å². The molecule has 0 saturated carbocycles. The minimum absolute atomic E-state index is 0.817. The highest BCUT2D eigenvalue weighted by Gasteiger charge is 1.90. The quantitative estimate of drug-likeness (QED) is 0.760. The van der Waals surface area contributed by atoms with Crippen molar-refractivity contribution in [3.8, 4) is 0 Å². The molecule has 2 aromatic rings. The van der Waals surface area contributed by atoms with Gasteiger partial charge in [-0.1, -0.05) is 18.9 Å². The molecular formula is C16H24N4. The highest BCUT2D eigenvalue weighted by molar-refractivity contribution is 5.40. The third-order valence-corrected chi connectivity index (χ3v) is 2.71. The first-order chi connectivity index (χ1) is 9.93. The summed E-state index contributed by atoms with van der Waals surface area (Å²) in [6.07, 6.45) is 12.0. The van der Waals surface area contributed by atoms with E-state index in [4.69, 9.17) is 5.73 Å². The predicted molar refractivity (Wildman–Crippen MR) is 84.5 cm³/mol. The Hall–Kier alpha value is -1.94. The number of pyridine rings is 2. The summed E-state index contributed by atoms with van der Waals surface area (Å²) in [5.74, 6) is 0. The number of hydrogen-bond acceptors (Lipinski definition) is 4. The smallest absolute Gasteiger partial charge is 0.0371 e. The monoisotopic (exact) mass is 272 g/mol. The second-order valence-corrected chi connectivity index (χ2v) is 4.39. The Kier molecular flexibility index (Phi) is 9.76. The molecular weight excluding hydrogens is 248 g/mol. The Bertz CT molecular complexity index is 379. The first-order valence-electron chi connectivity index (χ1n) is 7.12. The molecule has 0 fully saturated rings. The molecule has 0 atom stereocenters. The average Bonchev–Trinajstić information content (AvgIpc) is 2.54. The fourth-order valence-corrected chi connectivity index (χ4v) is 1.64. The van der Waals surface area contributed by atoms with E-state index in [1.165, 1.54) is 19.3 Å². The van der Waals surface area contributed by atoms with Crippen molar-refractivity contribution in [2.45, 2.75) is 25.7 Å². The standard InChI is InChI=1S/C11H19N3.C5H5N/c12-7-3-1-2-4-8-14-11-5-9-13-10-6-11;1-2-4-6-5-3-1/h5-6,9-10H,1-4,7-8,12H2,(H,13,14);1-5H. The zero-order chi connectivity index (χ0) is 14.3. The lowest BCUT2D eigenvalue weighted by Gasteiger charge is -2.04. The summed E-state index contributed by atoms with van der Waals surface area (Å²) < 4.78 is 0. The summed E-state index contributed by atoms with van der Waals surface area (Å²) in [6, 6.07) is 9.69. The molecule has 2 heterocycles. The maximum atomic E-state index is 5.41. The molecule has 108 valence electrons. The Morgan fingerprint density at radius 3 is 2.00 bits per heavy atom. The zero-order valence-electron chi connectivity index (χ0n) is 11.9. The van der Waals surface area contributed by atoms with E-state index in [0.29, 0.717) is 0 Å². The van der Waals surface area contributed by atoms with Gasteiger partial charge in [0.25, 0.3) is 0 Å². The molecule has 2 rings (SSSR count). The van der Waals surface area contributed by atoms with Crippen LogP contribution in [0, 0.1) is 0 Å². The maximum absolute atomic E-state index is 5.41. The molecule has 0 bridgehead atoms. The van der Waals surface area contributed by atoms with Gasteiger partial charge in [0.2, 0.25) is 0 Å². The van der Waals surface area contributed by atoms with Crippen LogP contribution in [0.5, 0.6) is 0 Å². The van der Waals surface area contributed by atoms with Crippen molar-refractivity contribution in [3.05, 3.63) is 55.1 Å². The van der Waals surface area contributed by atoms with Gasteiger partial charge in [-0.25, -0.2) is 0 Å². The number of nitrogens with two attached hydrogens (primary N) is 1. The lowest BCUT2D eigenvalue weighted by Crippen LogP contribution is -2.02. The minimum atomic E-state index is 0.817. The van der Waals surface area contributed by atoms with Crippen molar-refractivity contribution in [3.63, 3.8) is 0 Å². The molecule has 0 amide bonds. The lowest BCUT2D eigenvalue weighted by molar-refractivity contribution is 0.661. The fraction of sp³-hybridized carbons (Fsp3) is 0.375. The van der Waals surface area contributed by atoms with E-state index >= 15 is 0 Å². The molecule has 3 N–H and O–H groups in total. The van der Waals surface area contributed by atoms with E-state index in [1.807, 2.05) is 30.3 Å². The van der Waals surface area contributed by atoms with Gasteiger partial charge in [0, 0.05) is 37.0 Å². The van der Waals surface area contributed by atoms with Crippen molar-refractivity contribution in [1.82, 2.24) is 9.97 Å². The van der Waals surface area contributed by atoms with E-state index < -0.39 is 0 Å². The van der Waals surface area contributed by atoms with Crippen LogP contribution in [0.3, 0.4) is 0 Å². The summed E-state index contributed by atoms with van der Waals surface area (Å²) in [4.78, 5) is 7.74. The van der Waals surface area contributed by atoms with E-state index in [9.17, 15) is 0 Å². The van der Waals surface area contributed by atoms with Crippen LogP contribution in [-0.2, 0) is 0 Å². The summed E-state index contributed by atoms with van der Waals surface area (Å²) in [6.45, 7) is 1.85. The van der Waals surface area contributed by atoms with Gasteiger partial charge in [-0.15, -0.1) is 0 Å². The Morgan fingerprint density at radius 1 is 0.800 bits per heavy atom. The van der Waals surface area contributed by atoms with Crippen LogP contribution in [0.4, 0.5) is 5.69 Å². The van der Waals surface area contributed by atoms with E-state index in [1.54, 1.807) is 24.8 Å². The van der Waals surface area contributed by atoms with Gasteiger partial charge in [0.05, 0.1) is 0 Å². The maximum Gasteiger partial charge on any atom is 0.0371 e. The lowest BCUT2D eigenvalue weighted by atomic mass is 10.2. The van der Waals surface area contributed by atoms with Crippen molar-refractivity contribution >= 4 is 5.69 Å². The molecule has 0 aromatic carbocycles. The minimum Gasteiger partial charge on any atom is -0.385 e. The number of nitrogens with zero attached hydrogens (tertiary/aromatic N) is 2. The van der Waals surface area contributed by atoms with Crippen LogP contribution in [0.2, 0.25) is 0 Å². The average molecular weight is 272 g/mol. The summed E-state index contributed by atoms with van der Waals surface area (Å²) in [5.41, 5.74) is 6.56. The molecule has 4 nitrogen and oxygen atoms in total. The number of aromatic nitrogens is 2. The van der Waals surface area contributed by atoms with Crippen LogP contribution in [-0.4, -0.2) is 23.1 Å². The zero-order valence-corrected chi connectivity index (χ0v) is 11.9. The number of nitrogens with one attached hydrogen (secondary N) is 1. The molecule has 4 heteroatoms. The van der Waals surface area contributed by atoms with Gasteiger partial charge in [-0.2, -0.15) is 0 Å². The highest BCUT2D eigenvalue weighted by Crippen LogP contribution is 2.04. The number of rotatable bonds is 7. The van der Waals surface area contributed by atoms with Crippen molar-refractivity contribution in [2.24, 2.45) is 5.73 Å². The summed E-state index contributed by atoms with van der Waals surface area (Å²) in [5, 5.41) is 3.35. The van der Waals surface area contributed by atoms with Gasteiger partial charge in [-0.3, -0.25) is 9.97 Å². The number of hydrogen-bond donors (Lipinski definition) is 2. The molecule has 0 saturated heterocycles. The van der Waals surface area contributed by atoms with Crippen LogP contribution < -0.4 is 11.1 Å². The first kappa shape index (κ1) is 16.1. The topological polar surface area (TPSA) is 63.8 Å². The SMILES string of the molecule is NCCCCCCNc1ccncc1.c1ccncc1. The van der Waals surface area contributed by atoms with E-state index in [-0.39, 0.29) is 0 Å². The second kappa shape index (κ2) is 12.1. The van der Waals surface area contributed by atoms with Crippen molar-refractivity contribution < 1.29 is 0 Å². The third kappa shape index (κ3) is 9.05. The van der Waals surface area contributed by atoms with Gasteiger partial charge in [-0.05, 0) is 43.7 Å². The predicted octanol–water partition coefficient (Wildman–Crippen LogP) is 3.09. The van der Waals surface area contributed by atoms with Crippen LogP contribution in [0.25, 0.3) is 0 Å². The molecule has 20 heavy (non-hydrogen) atoms. The second-order valence-electron chi connectivity index (χ2n) is 4.39. The van der Waals surface area contributed by atoms with Crippen LogP contribution in [0.1, 0.15) is 25.7 Å². The highest BCUT2D eigenvalue weighted by atomic mass is 14.9. The van der Waals surface area contributed by atoms with Crippen LogP contribution >= 0.6 is 0 Å². The molecule has 0 aliphatic heterocycles. The fourth-order valence-electron chi connectivity index (χ4n) is 1.64.